The average molecular weight is 438 g/mol. The lowest BCUT2D eigenvalue weighted by Crippen LogP contribution is -2.40. The molecule has 0 saturated heterocycles. The van der Waals surface area contributed by atoms with E-state index in [1.807, 2.05) is 13.1 Å². The molecular weight excluding hydrogens is 401 g/mol. The van der Waals surface area contributed by atoms with Crippen molar-refractivity contribution in [3.8, 4) is 0 Å². The summed E-state index contributed by atoms with van der Waals surface area (Å²) in [5, 5.41) is 4.43. The Morgan fingerprint density at radius 3 is 2.69 bits per heavy atom. The van der Waals surface area contributed by atoms with Crippen LogP contribution in [-0.4, -0.2) is 40.3 Å². The highest BCUT2D eigenvalue weighted by Gasteiger charge is 2.38. The van der Waals surface area contributed by atoms with Crippen LogP contribution < -0.4 is 0 Å². The van der Waals surface area contributed by atoms with E-state index in [0.717, 1.165) is 37.1 Å². The molecule has 1 aliphatic carbocycles. The van der Waals surface area contributed by atoms with Gasteiger partial charge in [0.2, 0.25) is 0 Å². The third-order valence-corrected chi connectivity index (χ3v) is 7.28. The first-order chi connectivity index (χ1) is 15.1. The summed E-state index contributed by atoms with van der Waals surface area (Å²) in [5.41, 5.74) is 4.55. The summed E-state index contributed by atoms with van der Waals surface area (Å²) < 4.78 is 13.9. The standard InChI is InChI=1S/C27H36FN3O/c1-18-15-20(9-10-21(18)11-13-27(3,4)28)16-31-17-23-24(30(31)5)12-14-29-25(23)19(2)26(32)22-7-6-8-22/h9-10,12,14-15,17,19,22,24H,6-8,11,13,16H2,1-5H3. The molecule has 0 amide bonds. The zero-order chi connectivity index (χ0) is 23.0. The van der Waals surface area contributed by atoms with Crippen LogP contribution >= 0.6 is 0 Å². The number of likely N-dealkylation sites (N-methyl/N-ethyl adjacent to an activating group) is 1. The lowest BCUT2D eigenvalue weighted by atomic mass is 9.75. The maximum atomic E-state index is 13.9. The predicted octanol–water partition coefficient (Wildman–Crippen LogP) is 5.56. The zero-order valence-corrected chi connectivity index (χ0v) is 20.1. The normalized spacial score (nSPS) is 22.3. The molecule has 5 heteroatoms. The molecule has 3 aliphatic rings. The third kappa shape index (κ3) is 4.73. The number of rotatable bonds is 8. The number of fused-ring (bicyclic) bond motifs is 1. The van der Waals surface area contributed by atoms with E-state index in [-0.39, 0.29) is 17.9 Å². The minimum atomic E-state index is -1.14. The predicted molar refractivity (Wildman–Crippen MR) is 128 cm³/mol. The second-order valence-electron chi connectivity index (χ2n) is 10.3. The lowest BCUT2D eigenvalue weighted by molar-refractivity contribution is -0.126. The summed E-state index contributed by atoms with van der Waals surface area (Å²) in [6, 6.07) is 6.61. The SMILES string of the molecule is Cc1cc(CN2C=C3C(C(C)C(=O)C4CCC4)=NC=CC3N2C)ccc1CCC(C)(C)F. The molecule has 4 nitrogen and oxygen atoms in total. The van der Waals surface area contributed by atoms with Gasteiger partial charge in [-0.15, -0.1) is 0 Å². The van der Waals surface area contributed by atoms with Gasteiger partial charge in [-0.2, -0.15) is 0 Å². The van der Waals surface area contributed by atoms with Crippen molar-refractivity contribution in [2.75, 3.05) is 7.05 Å². The van der Waals surface area contributed by atoms with Gasteiger partial charge in [0, 0.05) is 30.9 Å². The lowest BCUT2D eigenvalue weighted by Gasteiger charge is -2.31. The minimum absolute atomic E-state index is 0.117. The van der Waals surface area contributed by atoms with Gasteiger partial charge in [-0.1, -0.05) is 24.6 Å². The molecule has 2 heterocycles. The molecule has 2 unspecified atom stereocenters. The Balaban J connectivity index is 1.48. The first-order valence-electron chi connectivity index (χ1n) is 11.9. The molecule has 172 valence electrons. The van der Waals surface area contributed by atoms with Crippen LogP contribution in [0.1, 0.15) is 63.1 Å². The van der Waals surface area contributed by atoms with Crippen LogP contribution in [0.25, 0.3) is 0 Å². The molecular formula is C27H36FN3O. The second kappa shape index (κ2) is 8.93. The van der Waals surface area contributed by atoms with Gasteiger partial charge in [-0.25, -0.2) is 9.40 Å². The topological polar surface area (TPSA) is 35.9 Å². The van der Waals surface area contributed by atoms with E-state index in [1.54, 1.807) is 13.8 Å². The summed E-state index contributed by atoms with van der Waals surface area (Å²) in [6.07, 6.45) is 10.6. The van der Waals surface area contributed by atoms with Crippen LogP contribution in [0.15, 0.2) is 47.2 Å². The quantitative estimate of drug-likeness (QED) is 0.534. The van der Waals surface area contributed by atoms with Crippen LogP contribution in [0.2, 0.25) is 0 Å². The number of hydrogen-bond acceptors (Lipinski definition) is 4. The fraction of sp³-hybridized carbons (Fsp3) is 0.556. The number of benzene rings is 1. The Hall–Kier alpha value is -2.27. The Kier molecular flexibility index (Phi) is 6.39. The number of alkyl halides is 1. The molecule has 1 aromatic rings. The van der Waals surface area contributed by atoms with Gasteiger partial charge in [-0.3, -0.25) is 9.79 Å². The van der Waals surface area contributed by atoms with Gasteiger partial charge in [0.05, 0.1) is 24.2 Å². The third-order valence-electron chi connectivity index (χ3n) is 7.28. The maximum Gasteiger partial charge on any atom is 0.144 e. The van der Waals surface area contributed by atoms with E-state index >= 15 is 0 Å². The van der Waals surface area contributed by atoms with Gasteiger partial charge < -0.3 is 5.01 Å². The maximum absolute atomic E-state index is 13.9. The fourth-order valence-electron chi connectivity index (χ4n) is 4.87. The van der Waals surface area contributed by atoms with Crippen molar-refractivity contribution in [1.82, 2.24) is 10.0 Å². The van der Waals surface area contributed by atoms with Crippen molar-refractivity contribution in [2.24, 2.45) is 16.8 Å². The monoisotopic (exact) mass is 437 g/mol. The van der Waals surface area contributed by atoms with E-state index in [0.29, 0.717) is 12.2 Å². The number of Topliss-reactive ketones (excluding diaryl/α,β-unsaturated/α-hetero) is 1. The van der Waals surface area contributed by atoms with Crippen molar-refractivity contribution in [3.63, 3.8) is 0 Å². The molecule has 1 saturated carbocycles. The smallest absolute Gasteiger partial charge is 0.144 e. The Bertz CT molecular complexity index is 968. The number of carbonyl (C=O) groups is 1. The van der Waals surface area contributed by atoms with Gasteiger partial charge in [0.1, 0.15) is 11.5 Å². The second-order valence-corrected chi connectivity index (χ2v) is 10.3. The van der Waals surface area contributed by atoms with Crippen LogP contribution in [0.5, 0.6) is 0 Å². The number of nitrogens with zero attached hydrogens (tertiary/aromatic N) is 3. The summed E-state index contributed by atoms with van der Waals surface area (Å²) >= 11 is 0. The zero-order valence-electron chi connectivity index (χ0n) is 20.1. The van der Waals surface area contributed by atoms with Gasteiger partial charge >= 0.3 is 0 Å². The molecule has 0 aromatic heterocycles. The number of hydrazine groups is 1. The highest BCUT2D eigenvalue weighted by molar-refractivity contribution is 6.15. The summed E-state index contributed by atoms with van der Waals surface area (Å²) in [5.74, 6) is 0.403. The highest BCUT2D eigenvalue weighted by Crippen LogP contribution is 2.34. The fourth-order valence-corrected chi connectivity index (χ4v) is 4.87. The molecule has 2 aliphatic heterocycles. The molecule has 0 bridgehead atoms. The van der Waals surface area contributed by atoms with Gasteiger partial charge in [0.25, 0.3) is 0 Å². The van der Waals surface area contributed by atoms with E-state index < -0.39 is 5.67 Å². The molecule has 1 fully saturated rings. The van der Waals surface area contributed by atoms with Crippen molar-refractivity contribution < 1.29 is 9.18 Å². The van der Waals surface area contributed by atoms with Crippen LogP contribution in [0.3, 0.4) is 0 Å². The molecule has 0 N–H and O–H groups in total. The molecule has 32 heavy (non-hydrogen) atoms. The largest absolute Gasteiger partial charge is 0.308 e. The van der Waals surface area contributed by atoms with E-state index in [1.165, 1.54) is 23.1 Å². The molecule has 0 radical (unpaired) electrons. The summed E-state index contributed by atoms with van der Waals surface area (Å²) in [6.45, 7) is 8.15. The van der Waals surface area contributed by atoms with E-state index in [2.05, 4.69) is 59.5 Å². The van der Waals surface area contributed by atoms with Gasteiger partial charge in [-0.05, 0) is 76.1 Å². The Morgan fingerprint density at radius 2 is 2.06 bits per heavy atom. The van der Waals surface area contributed by atoms with Crippen molar-refractivity contribution >= 4 is 11.5 Å². The van der Waals surface area contributed by atoms with Crippen LogP contribution in [0.4, 0.5) is 4.39 Å². The highest BCUT2D eigenvalue weighted by atomic mass is 19.1. The Morgan fingerprint density at radius 1 is 1.31 bits per heavy atom. The number of ketones is 1. The summed E-state index contributed by atoms with van der Waals surface area (Å²) in [7, 11) is 2.09. The minimum Gasteiger partial charge on any atom is -0.308 e. The van der Waals surface area contributed by atoms with Crippen LogP contribution in [0, 0.1) is 18.8 Å². The van der Waals surface area contributed by atoms with E-state index in [4.69, 9.17) is 0 Å². The first kappa shape index (κ1) is 22.9. The average Bonchev–Trinajstić information content (AvgIpc) is 3.00. The van der Waals surface area contributed by atoms with E-state index in [9.17, 15) is 9.18 Å². The number of halogens is 1. The number of aliphatic imine (C=N–C) groups is 1. The summed E-state index contributed by atoms with van der Waals surface area (Å²) in [4.78, 5) is 17.5. The van der Waals surface area contributed by atoms with Gasteiger partial charge in [0.15, 0.2) is 0 Å². The van der Waals surface area contributed by atoms with Crippen molar-refractivity contribution in [1.29, 1.82) is 0 Å². The molecule has 1 aromatic carbocycles. The Labute approximate surface area is 191 Å². The number of aryl methyl sites for hydroxylation is 2. The molecule has 0 spiro atoms. The molecule has 2 atom stereocenters. The van der Waals surface area contributed by atoms with Crippen LogP contribution in [-0.2, 0) is 17.8 Å². The molecule has 4 rings (SSSR count). The van der Waals surface area contributed by atoms with Crippen molar-refractivity contribution in [2.45, 2.75) is 78.1 Å². The van der Waals surface area contributed by atoms with Crippen molar-refractivity contribution in [3.05, 3.63) is 58.9 Å². The number of carbonyl (C=O) groups excluding carboxylic acids is 1. The number of hydrogen-bond donors (Lipinski definition) is 0. The first-order valence-corrected chi connectivity index (χ1v) is 11.9.